The topological polar surface area (TPSA) is 26.0 Å². The van der Waals surface area contributed by atoms with E-state index in [1.807, 2.05) is 6.92 Å². The third-order valence-corrected chi connectivity index (χ3v) is 0.850. The molecular formula is C5H6KNO. The Kier molecular flexibility index (Phi) is 4.02. The largest absolute Gasteiger partial charge is 1.00 e. The maximum Gasteiger partial charge on any atom is 1.00 e. The van der Waals surface area contributed by atoms with Crippen molar-refractivity contribution in [1.82, 2.24) is 5.16 Å². The van der Waals surface area contributed by atoms with Crippen LogP contribution in [-0.4, -0.2) is 5.16 Å². The summed E-state index contributed by atoms with van der Waals surface area (Å²) in [6.45, 7) is 5.45. The fourth-order valence-corrected chi connectivity index (χ4v) is 0.319. The zero-order valence-electron chi connectivity index (χ0n) is 5.14. The Balaban J connectivity index is 0.000000490. The smallest absolute Gasteiger partial charge is 0.435 e. The van der Waals surface area contributed by atoms with Gasteiger partial charge in [0.15, 0.2) is 0 Å². The summed E-state index contributed by atoms with van der Waals surface area (Å²) in [6, 6.07) is 0. The van der Waals surface area contributed by atoms with Crippen molar-refractivity contribution in [2.24, 2.45) is 0 Å². The van der Waals surface area contributed by atoms with Gasteiger partial charge in [-0.2, -0.15) is 12.1 Å². The number of rotatable bonds is 0. The predicted molar refractivity (Wildman–Crippen MR) is 25.7 cm³/mol. The van der Waals surface area contributed by atoms with Crippen molar-refractivity contribution in [3.63, 3.8) is 0 Å². The summed E-state index contributed by atoms with van der Waals surface area (Å²) in [4.78, 5) is 0. The number of aryl methyl sites for hydroxylation is 1. The molecule has 0 bridgehead atoms. The zero-order chi connectivity index (χ0) is 5.28. The second kappa shape index (κ2) is 3.69. The molecule has 1 rings (SSSR count). The second-order valence-corrected chi connectivity index (χ2v) is 1.41. The van der Waals surface area contributed by atoms with Gasteiger partial charge in [-0.15, -0.1) is 5.56 Å². The molecule has 0 radical (unpaired) electrons. The fourth-order valence-electron chi connectivity index (χ4n) is 0.319. The number of aromatic nitrogens is 1. The third kappa shape index (κ3) is 1.91. The van der Waals surface area contributed by atoms with Gasteiger partial charge >= 0.3 is 51.4 Å². The van der Waals surface area contributed by atoms with Crippen molar-refractivity contribution in [1.29, 1.82) is 0 Å². The van der Waals surface area contributed by atoms with Crippen LogP contribution in [0, 0.1) is 13.8 Å². The van der Waals surface area contributed by atoms with E-state index in [1.54, 1.807) is 6.20 Å². The summed E-state index contributed by atoms with van der Waals surface area (Å²) >= 11 is 0. The van der Waals surface area contributed by atoms with Crippen LogP contribution in [0.25, 0.3) is 0 Å². The SMILES string of the molecule is [CH2-]c1cnoc1C.[K+]. The first-order chi connectivity index (χ1) is 3.30. The Morgan fingerprint density at radius 3 is 2.50 bits per heavy atom. The molecule has 2 nitrogen and oxygen atoms in total. The molecule has 0 N–H and O–H groups in total. The van der Waals surface area contributed by atoms with Crippen LogP contribution in [0.1, 0.15) is 11.3 Å². The minimum atomic E-state index is 0. The van der Waals surface area contributed by atoms with Crippen LogP contribution in [0.15, 0.2) is 10.7 Å². The number of nitrogens with zero attached hydrogens (tertiary/aromatic N) is 1. The first-order valence-corrected chi connectivity index (χ1v) is 2.04. The van der Waals surface area contributed by atoms with E-state index in [4.69, 9.17) is 0 Å². The van der Waals surface area contributed by atoms with Crippen molar-refractivity contribution >= 4 is 0 Å². The van der Waals surface area contributed by atoms with Crippen LogP contribution in [0.2, 0.25) is 0 Å². The van der Waals surface area contributed by atoms with E-state index in [1.165, 1.54) is 0 Å². The summed E-state index contributed by atoms with van der Waals surface area (Å²) in [5.41, 5.74) is 0.861. The van der Waals surface area contributed by atoms with Crippen molar-refractivity contribution in [3.8, 4) is 0 Å². The summed E-state index contributed by atoms with van der Waals surface area (Å²) < 4.78 is 4.65. The maximum absolute atomic E-state index is 4.65. The number of hydrogen-bond acceptors (Lipinski definition) is 2. The molecule has 38 valence electrons. The average Bonchev–Trinajstić information content (AvgIpc) is 1.91. The van der Waals surface area contributed by atoms with Gasteiger partial charge in [0, 0.05) is 5.76 Å². The van der Waals surface area contributed by atoms with E-state index >= 15 is 0 Å². The molecule has 0 aliphatic heterocycles. The van der Waals surface area contributed by atoms with Crippen LogP contribution >= 0.6 is 0 Å². The molecule has 0 fully saturated rings. The molecule has 1 aromatic rings. The Morgan fingerprint density at radius 2 is 2.38 bits per heavy atom. The molecule has 0 aliphatic rings. The van der Waals surface area contributed by atoms with Crippen LogP contribution in [0.5, 0.6) is 0 Å². The molecule has 3 heteroatoms. The van der Waals surface area contributed by atoms with E-state index < -0.39 is 0 Å². The molecule has 0 amide bonds. The zero-order valence-corrected chi connectivity index (χ0v) is 8.26. The molecule has 1 aromatic heterocycles. The molecule has 0 atom stereocenters. The summed E-state index contributed by atoms with van der Waals surface area (Å²) in [6.07, 6.45) is 1.59. The van der Waals surface area contributed by atoms with E-state index in [-0.39, 0.29) is 51.4 Å². The van der Waals surface area contributed by atoms with Gasteiger partial charge < -0.3 is 4.52 Å². The maximum atomic E-state index is 4.65. The van der Waals surface area contributed by atoms with Gasteiger partial charge in [-0.3, -0.25) is 0 Å². The summed E-state index contributed by atoms with van der Waals surface area (Å²) in [5, 5.41) is 3.48. The second-order valence-electron chi connectivity index (χ2n) is 1.41. The van der Waals surface area contributed by atoms with E-state index in [9.17, 15) is 0 Å². The van der Waals surface area contributed by atoms with Gasteiger partial charge in [0.1, 0.15) is 0 Å². The van der Waals surface area contributed by atoms with Gasteiger partial charge in [-0.1, -0.05) is 6.92 Å². The van der Waals surface area contributed by atoms with E-state index in [0.29, 0.717) is 0 Å². The van der Waals surface area contributed by atoms with Crippen molar-refractivity contribution < 1.29 is 55.9 Å². The van der Waals surface area contributed by atoms with Crippen molar-refractivity contribution in [3.05, 3.63) is 24.4 Å². The normalized spacial score (nSPS) is 8.12. The summed E-state index contributed by atoms with van der Waals surface area (Å²) in [7, 11) is 0. The molecular weight excluding hydrogens is 129 g/mol. The quantitative estimate of drug-likeness (QED) is 0.309. The Bertz CT molecular complexity index is 145. The minimum absolute atomic E-state index is 0. The van der Waals surface area contributed by atoms with E-state index in [0.717, 1.165) is 11.3 Å². The fraction of sp³-hybridized carbons (Fsp3) is 0.200. The first-order valence-electron chi connectivity index (χ1n) is 2.04. The molecule has 0 unspecified atom stereocenters. The van der Waals surface area contributed by atoms with Crippen molar-refractivity contribution in [2.45, 2.75) is 6.92 Å². The molecule has 0 saturated carbocycles. The molecule has 0 spiro atoms. The van der Waals surface area contributed by atoms with Crippen LogP contribution in [0.3, 0.4) is 0 Å². The first kappa shape index (κ1) is 8.72. The summed E-state index contributed by atoms with van der Waals surface area (Å²) in [5.74, 6) is 0.792. The van der Waals surface area contributed by atoms with E-state index in [2.05, 4.69) is 16.6 Å². The van der Waals surface area contributed by atoms with Gasteiger partial charge in [0.05, 0.1) is 0 Å². The Labute approximate surface area is 91.0 Å². The average molecular weight is 135 g/mol. The van der Waals surface area contributed by atoms with Crippen LogP contribution in [0.4, 0.5) is 0 Å². The van der Waals surface area contributed by atoms with Gasteiger partial charge in [0.2, 0.25) is 0 Å². The molecule has 1 heterocycles. The molecule has 0 saturated heterocycles. The standard InChI is InChI=1S/C5H6NO.K/c1-4-3-6-7-5(4)2;/h3H,1H2,2H3;/q-1;+1. The van der Waals surface area contributed by atoms with Gasteiger partial charge in [0.25, 0.3) is 0 Å². The molecule has 0 aliphatic carbocycles. The third-order valence-electron chi connectivity index (χ3n) is 0.850. The minimum Gasteiger partial charge on any atom is -0.435 e. The Morgan fingerprint density at radius 1 is 1.75 bits per heavy atom. The number of hydrogen-bond donors (Lipinski definition) is 0. The van der Waals surface area contributed by atoms with Crippen LogP contribution in [-0.2, 0) is 0 Å². The monoisotopic (exact) mass is 135 g/mol. The van der Waals surface area contributed by atoms with Crippen molar-refractivity contribution in [2.75, 3.05) is 0 Å². The van der Waals surface area contributed by atoms with Gasteiger partial charge in [-0.05, 0) is 6.20 Å². The molecule has 0 aromatic carbocycles. The predicted octanol–water partition coefficient (Wildman–Crippen LogP) is -1.83. The van der Waals surface area contributed by atoms with Crippen LogP contribution < -0.4 is 51.4 Å². The molecule has 8 heavy (non-hydrogen) atoms. The van der Waals surface area contributed by atoms with Gasteiger partial charge in [-0.25, -0.2) is 0 Å². The Hall–Kier alpha value is 0.716.